The molecule has 0 amide bonds. The lowest BCUT2D eigenvalue weighted by Gasteiger charge is -2.14. The summed E-state index contributed by atoms with van der Waals surface area (Å²) < 4.78 is 136. The minimum absolute atomic E-state index is 0.0655. The van der Waals surface area contributed by atoms with Gasteiger partial charge in [0.05, 0.1) is 41.3 Å². The summed E-state index contributed by atoms with van der Waals surface area (Å²) in [6.45, 7) is 0. The van der Waals surface area contributed by atoms with Gasteiger partial charge in [-0.3, -0.25) is 0 Å². The summed E-state index contributed by atoms with van der Waals surface area (Å²) in [4.78, 5) is 0. The van der Waals surface area contributed by atoms with Crippen LogP contribution in [0.1, 0.15) is 19.2 Å². The first-order valence-electron chi connectivity index (χ1n) is 27.2. The maximum atomic E-state index is 10.1. The van der Waals surface area contributed by atoms with Crippen LogP contribution in [0.4, 0.5) is 0 Å². The number of para-hydroxylation sites is 2. The zero-order chi connectivity index (χ0) is 53.2. The molecule has 2 heteroatoms. The van der Waals surface area contributed by atoms with Crippen LogP contribution < -0.4 is 0 Å². The maximum absolute atomic E-state index is 10.1. The molecule has 12 rings (SSSR count). The molecule has 0 aliphatic carbocycles. The van der Waals surface area contributed by atoms with Crippen LogP contribution in [0.2, 0.25) is 0 Å². The highest BCUT2D eigenvalue weighted by Crippen LogP contribution is 2.41. The largest absolute Gasteiger partial charge is 0.309 e. The van der Waals surface area contributed by atoms with Crippen LogP contribution in [0.3, 0.4) is 0 Å². The van der Waals surface area contributed by atoms with Crippen LogP contribution >= 0.6 is 0 Å². The predicted molar refractivity (Wildman–Crippen MR) is 262 cm³/mol. The molecule has 0 spiro atoms. The minimum Gasteiger partial charge on any atom is -0.309 e. The molecule has 0 bridgehead atoms. The quantitative estimate of drug-likeness (QED) is 0.152. The molecule has 0 radical (unpaired) electrons. The number of hydrogen-bond donors (Lipinski definition) is 0. The topological polar surface area (TPSA) is 9.86 Å². The second kappa shape index (κ2) is 14.8. The van der Waals surface area contributed by atoms with E-state index in [1.54, 1.807) is 0 Å². The summed E-state index contributed by atoms with van der Waals surface area (Å²) in [6, 6.07) is 41.7. The molecule has 0 atom stereocenters. The Morgan fingerprint density at radius 2 is 0.565 bits per heavy atom. The molecule has 0 aliphatic heterocycles. The Morgan fingerprint density at radius 1 is 0.258 bits per heavy atom. The van der Waals surface area contributed by atoms with Gasteiger partial charge in [-0.25, -0.2) is 0 Å². The Bertz CT molecular complexity index is 4020. The van der Waals surface area contributed by atoms with Gasteiger partial charge < -0.3 is 9.13 Å². The zero-order valence-electron chi connectivity index (χ0n) is 46.9. The van der Waals surface area contributed by atoms with Crippen LogP contribution in [-0.4, -0.2) is 9.13 Å². The lowest BCUT2D eigenvalue weighted by Crippen LogP contribution is -1.96. The maximum Gasteiger partial charge on any atom is 0.0645 e. The Morgan fingerprint density at radius 3 is 0.903 bits per heavy atom. The van der Waals surface area contributed by atoms with Crippen LogP contribution in [0.15, 0.2) is 242 Å². The first-order chi connectivity index (χ1) is 36.6. The summed E-state index contributed by atoms with van der Waals surface area (Å²) in [6.07, 6.45) is 0. The van der Waals surface area contributed by atoms with Gasteiger partial charge >= 0.3 is 0 Å². The highest BCUT2D eigenvalue weighted by Gasteiger charge is 2.18. The normalized spacial score (nSPS) is 14.7. The van der Waals surface area contributed by atoms with E-state index in [2.05, 4.69) is 0 Å². The van der Waals surface area contributed by atoms with Gasteiger partial charge in [-0.2, -0.15) is 0 Å². The molecule has 0 unspecified atom stereocenters. The van der Waals surface area contributed by atoms with Gasteiger partial charge in [-0.05, 0) is 128 Å². The Labute approximate surface area is 380 Å². The van der Waals surface area contributed by atoms with Crippen molar-refractivity contribution in [3.8, 4) is 67.0 Å². The fraction of sp³-hybridized carbons (Fsp3) is 0. The summed E-state index contributed by atoms with van der Waals surface area (Å²) in [5.41, 5.74) is 5.85. The molecule has 2 aromatic heterocycles. The van der Waals surface area contributed by atoms with Gasteiger partial charge in [0.25, 0.3) is 0 Å². The minimum atomic E-state index is -0.631. The summed E-state index contributed by atoms with van der Waals surface area (Å²) in [5, 5.41) is -0.554. The monoisotopic (exact) mass is 802 g/mol. The van der Waals surface area contributed by atoms with E-state index >= 15 is 0 Å². The van der Waals surface area contributed by atoms with E-state index in [0.717, 1.165) is 44.5 Å². The predicted octanol–water partition coefficient (Wildman–Crippen LogP) is 16.2. The number of aromatic nitrogens is 2. The Hall–Kier alpha value is -8.20. The highest BCUT2D eigenvalue weighted by atomic mass is 15.0. The van der Waals surface area contributed by atoms with E-state index in [-0.39, 0.29) is 43.6 Å². The van der Waals surface area contributed by atoms with Crippen molar-refractivity contribution in [1.82, 2.24) is 9.13 Å². The lowest BCUT2D eigenvalue weighted by atomic mass is 9.98. The van der Waals surface area contributed by atoms with E-state index in [1.165, 1.54) is 9.13 Å². The van der Waals surface area contributed by atoms with Crippen molar-refractivity contribution in [3.63, 3.8) is 0 Å². The third kappa shape index (κ3) is 6.12. The molecule has 0 aliphatic rings. The third-order valence-corrected chi connectivity index (χ3v) is 11.3. The second-order valence-electron chi connectivity index (χ2n) is 15.1. The van der Waals surface area contributed by atoms with Crippen LogP contribution in [0.25, 0.3) is 111 Å². The fourth-order valence-corrected chi connectivity index (χ4v) is 8.47. The molecule has 2 heterocycles. The second-order valence-corrected chi connectivity index (χ2v) is 15.1. The van der Waals surface area contributed by atoms with Crippen molar-refractivity contribution in [1.29, 1.82) is 0 Å². The van der Waals surface area contributed by atoms with E-state index in [4.69, 9.17) is 5.48 Å². The molecule has 0 saturated carbocycles. The number of rotatable bonds is 7. The van der Waals surface area contributed by atoms with Crippen molar-refractivity contribution in [2.75, 3.05) is 0 Å². The average molecular weight is 803 g/mol. The summed E-state index contributed by atoms with van der Waals surface area (Å²) in [7, 11) is 0. The van der Waals surface area contributed by atoms with Gasteiger partial charge in [0.15, 0.2) is 0 Å². The molecule has 2 nitrogen and oxygen atoms in total. The van der Waals surface area contributed by atoms with Gasteiger partial charge in [-0.15, -0.1) is 0 Å². The zero-order valence-corrected chi connectivity index (χ0v) is 32.9. The molecule has 62 heavy (non-hydrogen) atoms. The van der Waals surface area contributed by atoms with Crippen LogP contribution in [0.5, 0.6) is 0 Å². The molecular weight excluding hydrogens is 749 g/mol. The van der Waals surface area contributed by atoms with Crippen LogP contribution in [-0.2, 0) is 0 Å². The molecule has 12 aromatic rings. The van der Waals surface area contributed by atoms with Crippen molar-refractivity contribution >= 4 is 43.6 Å². The van der Waals surface area contributed by atoms with Gasteiger partial charge in [0, 0.05) is 32.9 Å². The standard InChI is InChI=1S/C60H40N2/c1-5-17-41(18-6-1)47-33-48(42-19-7-2-8-20-42)36-51(35-47)61-57-27-15-13-25-53(57)55-39-45(29-31-59(55)61)46-30-32-60-56(40-46)54-26-14-16-28-58(54)62(60)52-37-49(43-21-9-3-10-22-43)34-50(38-52)44-23-11-4-12-24-44/h1-40H/i13D,14D,15D,16D,25D,26D,27D,28D,29D,30D,31D,32D,39D,40D. The fourth-order valence-electron chi connectivity index (χ4n) is 8.47. The SMILES string of the molecule is [2H]c1c([2H])c([2H])c2c(c1[2H])c1c([2H])c(-c3c([2H])c([2H])c4c(c3[2H])c3c([2H])c([2H])c([2H])c([2H])c3n4-c3cc(-c4ccccc4)cc(-c4ccccc4)c3)c([2H])c([2H])c1n2-c1cc(-c2ccccc2)cc(-c2ccccc2)c1. The first kappa shape index (κ1) is 24.2. The third-order valence-electron chi connectivity index (χ3n) is 11.3. The van der Waals surface area contributed by atoms with Gasteiger partial charge in [0.1, 0.15) is 0 Å². The highest BCUT2D eigenvalue weighted by molar-refractivity contribution is 6.13. The average Bonchev–Trinajstić information content (AvgIpc) is 4.13. The first-order valence-corrected chi connectivity index (χ1v) is 20.2. The lowest BCUT2D eigenvalue weighted by molar-refractivity contribution is 1.18. The summed E-state index contributed by atoms with van der Waals surface area (Å²) >= 11 is 0. The van der Waals surface area contributed by atoms with E-state index in [9.17, 15) is 13.7 Å². The van der Waals surface area contributed by atoms with Crippen molar-refractivity contribution in [2.24, 2.45) is 0 Å². The molecule has 290 valence electrons. The molecular formula is C60H40N2. The van der Waals surface area contributed by atoms with Crippen molar-refractivity contribution < 1.29 is 19.2 Å². The number of hydrogen-bond acceptors (Lipinski definition) is 0. The summed E-state index contributed by atoms with van der Waals surface area (Å²) in [5.74, 6) is 0. The number of nitrogens with zero attached hydrogens (tertiary/aromatic N) is 2. The molecule has 10 aromatic carbocycles. The smallest absolute Gasteiger partial charge is 0.0645 e. The van der Waals surface area contributed by atoms with E-state index < -0.39 is 95.7 Å². The van der Waals surface area contributed by atoms with Crippen molar-refractivity contribution in [3.05, 3.63) is 242 Å². The van der Waals surface area contributed by atoms with Crippen LogP contribution in [0, 0.1) is 0 Å². The molecule has 0 N–H and O–H groups in total. The number of fused-ring (bicyclic) bond motifs is 6. The van der Waals surface area contributed by atoms with Crippen molar-refractivity contribution in [2.45, 2.75) is 0 Å². The Kier molecular flexibility index (Phi) is 5.77. The van der Waals surface area contributed by atoms with Gasteiger partial charge in [0.2, 0.25) is 0 Å². The number of benzene rings is 10. The Balaban J connectivity index is 1.21. The van der Waals surface area contributed by atoms with Gasteiger partial charge in [-0.1, -0.05) is 170 Å². The molecule has 0 saturated heterocycles. The molecule has 0 fully saturated rings. The van der Waals surface area contributed by atoms with E-state index in [0.29, 0.717) is 11.4 Å². The van der Waals surface area contributed by atoms with E-state index in [1.807, 2.05) is 158 Å².